The average Bonchev–Trinajstić information content (AvgIpc) is 3.02. The van der Waals surface area contributed by atoms with Gasteiger partial charge in [0.25, 0.3) is 0 Å². The van der Waals surface area contributed by atoms with Crippen molar-refractivity contribution in [3.63, 3.8) is 0 Å². The zero-order chi connectivity index (χ0) is 10.5. The molecular weight excluding hydrogens is 156 g/mol. The van der Waals surface area contributed by atoms with Gasteiger partial charge in [0, 0.05) is 0 Å². The summed E-state index contributed by atoms with van der Waals surface area (Å²) in [5, 5.41) is 0. The van der Waals surface area contributed by atoms with E-state index in [1.165, 1.54) is 44.9 Å². The molecule has 0 heterocycles. The molecule has 13 heavy (non-hydrogen) atoms. The highest BCUT2D eigenvalue weighted by Crippen LogP contribution is 2.31. The molecule has 0 bridgehead atoms. The Labute approximate surface area is 86.1 Å². The molecule has 0 heteroatoms. The molecule has 0 aliphatic heterocycles. The van der Waals surface area contributed by atoms with Crippen molar-refractivity contribution in [1.82, 2.24) is 0 Å². The third kappa shape index (κ3) is 24.5. The Balaban J connectivity index is 0. The van der Waals surface area contributed by atoms with Crippen LogP contribution in [0.5, 0.6) is 0 Å². The molecule has 0 amide bonds. The van der Waals surface area contributed by atoms with Gasteiger partial charge in [-0.1, -0.05) is 79.6 Å². The van der Waals surface area contributed by atoms with Crippen molar-refractivity contribution < 1.29 is 0 Å². The van der Waals surface area contributed by atoms with Crippen molar-refractivity contribution in [2.75, 3.05) is 0 Å². The van der Waals surface area contributed by atoms with E-state index >= 15 is 0 Å². The molecule has 0 nitrogen and oxygen atoms in total. The predicted molar refractivity (Wildman–Crippen MR) is 64.2 cm³/mol. The SMILES string of the molecule is CCC1CC1.CCCC.CCCC. The molecule has 0 N–H and O–H groups in total. The summed E-state index contributed by atoms with van der Waals surface area (Å²) in [4.78, 5) is 0. The summed E-state index contributed by atoms with van der Waals surface area (Å²) in [7, 11) is 0. The van der Waals surface area contributed by atoms with Gasteiger partial charge in [-0.3, -0.25) is 0 Å². The van der Waals surface area contributed by atoms with Crippen LogP contribution in [-0.2, 0) is 0 Å². The van der Waals surface area contributed by atoms with Gasteiger partial charge in [0.15, 0.2) is 0 Å². The van der Waals surface area contributed by atoms with Crippen molar-refractivity contribution in [1.29, 1.82) is 0 Å². The second kappa shape index (κ2) is 14.5. The molecule has 1 aliphatic carbocycles. The molecule has 0 radical (unpaired) electrons. The molecule has 0 aromatic rings. The molecule has 1 aliphatic rings. The van der Waals surface area contributed by atoms with Gasteiger partial charge in [-0.25, -0.2) is 0 Å². The van der Waals surface area contributed by atoms with Gasteiger partial charge >= 0.3 is 0 Å². The van der Waals surface area contributed by atoms with Crippen LogP contribution in [0.15, 0.2) is 0 Å². The maximum Gasteiger partial charge on any atom is -0.0417 e. The Morgan fingerprint density at radius 1 is 0.692 bits per heavy atom. The summed E-state index contributed by atoms with van der Waals surface area (Å²) < 4.78 is 0. The smallest absolute Gasteiger partial charge is 0.0417 e. The second-order valence-electron chi connectivity index (χ2n) is 3.85. The summed E-state index contributed by atoms with van der Waals surface area (Å²) in [5.74, 6) is 1.13. The van der Waals surface area contributed by atoms with Crippen molar-refractivity contribution in [2.45, 2.75) is 79.6 Å². The first-order valence-electron chi connectivity index (χ1n) is 6.26. The number of hydrogen-bond acceptors (Lipinski definition) is 0. The van der Waals surface area contributed by atoms with Crippen molar-refractivity contribution in [3.8, 4) is 0 Å². The first-order valence-corrected chi connectivity index (χ1v) is 6.26. The van der Waals surface area contributed by atoms with E-state index in [1.807, 2.05) is 0 Å². The summed E-state index contributed by atoms with van der Waals surface area (Å²) in [6.07, 6.45) is 9.72. The molecule has 0 spiro atoms. The molecule has 0 saturated heterocycles. The number of unbranched alkanes of at least 4 members (excludes halogenated alkanes) is 2. The van der Waals surface area contributed by atoms with Crippen LogP contribution in [0.1, 0.15) is 79.6 Å². The van der Waals surface area contributed by atoms with Crippen LogP contribution in [0.2, 0.25) is 0 Å². The lowest BCUT2D eigenvalue weighted by atomic mass is 10.3. The summed E-state index contributed by atoms with van der Waals surface area (Å²) in [6.45, 7) is 11.0. The van der Waals surface area contributed by atoms with Gasteiger partial charge in [-0.2, -0.15) is 0 Å². The summed E-state index contributed by atoms with van der Waals surface area (Å²) >= 11 is 0. The van der Waals surface area contributed by atoms with Gasteiger partial charge in [0.2, 0.25) is 0 Å². The first-order chi connectivity index (χ1) is 6.26. The lowest BCUT2D eigenvalue weighted by Gasteiger charge is -1.72. The highest BCUT2D eigenvalue weighted by molar-refractivity contribution is 4.69. The van der Waals surface area contributed by atoms with Crippen LogP contribution in [0.25, 0.3) is 0 Å². The van der Waals surface area contributed by atoms with E-state index in [0.717, 1.165) is 5.92 Å². The first kappa shape index (κ1) is 15.5. The fourth-order valence-electron chi connectivity index (χ4n) is 0.526. The minimum absolute atomic E-state index is 1.13. The Kier molecular flexibility index (Phi) is 17.3. The van der Waals surface area contributed by atoms with E-state index in [9.17, 15) is 0 Å². The third-order valence-electron chi connectivity index (χ3n) is 2.27. The molecule has 0 atom stereocenters. The van der Waals surface area contributed by atoms with Crippen LogP contribution in [0.4, 0.5) is 0 Å². The van der Waals surface area contributed by atoms with Crippen LogP contribution >= 0.6 is 0 Å². The minimum Gasteiger partial charge on any atom is -0.0654 e. The number of rotatable bonds is 3. The molecule has 0 aromatic heterocycles. The standard InChI is InChI=1S/C5H10.2C4H10/c1-2-5-3-4-5;2*1-3-4-2/h5H,2-4H2,1H3;2*3-4H2,1-2H3. The Bertz CT molecular complexity index is 54.4. The fraction of sp³-hybridized carbons (Fsp3) is 1.00. The van der Waals surface area contributed by atoms with Gasteiger partial charge in [0.1, 0.15) is 0 Å². The van der Waals surface area contributed by atoms with E-state index in [2.05, 4.69) is 34.6 Å². The van der Waals surface area contributed by atoms with Crippen molar-refractivity contribution >= 4 is 0 Å². The van der Waals surface area contributed by atoms with Crippen LogP contribution in [-0.4, -0.2) is 0 Å². The van der Waals surface area contributed by atoms with Gasteiger partial charge < -0.3 is 0 Å². The lowest BCUT2D eigenvalue weighted by Crippen LogP contribution is -1.59. The maximum absolute atomic E-state index is 2.26. The Hall–Kier alpha value is 0. The van der Waals surface area contributed by atoms with Crippen LogP contribution in [0.3, 0.4) is 0 Å². The van der Waals surface area contributed by atoms with Crippen LogP contribution < -0.4 is 0 Å². The lowest BCUT2D eigenvalue weighted by molar-refractivity contribution is 0.799. The van der Waals surface area contributed by atoms with E-state index in [1.54, 1.807) is 0 Å². The zero-order valence-electron chi connectivity index (χ0n) is 10.5. The quantitative estimate of drug-likeness (QED) is 0.552. The summed E-state index contributed by atoms with van der Waals surface area (Å²) in [6, 6.07) is 0. The Morgan fingerprint density at radius 3 is 1.00 bits per heavy atom. The van der Waals surface area contributed by atoms with Crippen molar-refractivity contribution in [3.05, 3.63) is 0 Å². The third-order valence-corrected chi connectivity index (χ3v) is 2.27. The predicted octanol–water partition coefficient (Wildman–Crippen LogP) is 5.42. The van der Waals surface area contributed by atoms with Crippen LogP contribution in [0, 0.1) is 5.92 Å². The van der Waals surface area contributed by atoms with Gasteiger partial charge in [-0.05, 0) is 5.92 Å². The largest absolute Gasteiger partial charge is 0.0654 e. The molecule has 1 fully saturated rings. The van der Waals surface area contributed by atoms with Gasteiger partial charge in [0.05, 0.1) is 0 Å². The van der Waals surface area contributed by atoms with E-state index < -0.39 is 0 Å². The topological polar surface area (TPSA) is 0 Å². The highest BCUT2D eigenvalue weighted by atomic mass is 14.2. The molecular formula is C13H30. The highest BCUT2D eigenvalue weighted by Gasteiger charge is 2.17. The molecule has 0 aromatic carbocycles. The monoisotopic (exact) mass is 186 g/mol. The fourth-order valence-corrected chi connectivity index (χ4v) is 0.526. The van der Waals surface area contributed by atoms with E-state index in [4.69, 9.17) is 0 Å². The van der Waals surface area contributed by atoms with E-state index in [0.29, 0.717) is 0 Å². The normalized spacial score (nSPS) is 13.6. The molecule has 1 rings (SSSR count). The second-order valence-corrected chi connectivity index (χ2v) is 3.85. The average molecular weight is 186 g/mol. The Morgan fingerprint density at radius 2 is 1.00 bits per heavy atom. The minimum atomic E-state index is 1.13. The van der Waals surface area contributed by atoms with Crippen molar-refractivity contribution in [2.24, 2.45) is 5.92 Å². The molecule has 1 saturated carbocycles. The molecule has 82 valence electrons. The zero-order valence-corrected chi connectivity index (χ0v) is 10.5. The molecule has 0 unspecified atom stereocenters. The maximum atomic E-state index is 2.26. The van der Waals surface area contributed by atoms with Gasteiger partial charge in [-0.15, -0.1) is 0 Å². The number of hydrogen-bond donors (Lipinski definition) is 0. The van der Waals surface area contributed by atoms with E-state index in [-0.39, 0.29) is 0 Å². The summed E-state index contributed by atoms with van der Waals surface area (Å²) in [5.41, 5.74) is 0.